The molecule has 72 valence electrons. The van der Waals surface area contributed by atoms with Crippen LogP contribution in [-0.4, -0.2) is 30.4 Å². The first-order valence-corrected chi connectivity index (χ1v) is 4.22. The van der Waals surface area contributed by atoms with Crippen LogP contribution in [0.15, 0.2) is 23.3 Å². The molecule has 0 saturated carbocycles. The number of pyridine rings is 1. The first-order valence-electron chi connectivity index (χ1n) is 4.22. The first kappa shape index (κ1) is 8.68. The molecule has 1 aliphatic heterocycles. The molecule has 2 rings (SSSR count). The third-order valence-corrected chi connectivity index (χ3v) is 1.97. The Kier molecular flexibility index (Phi) is 2.14. The Hall–Kier alpha value is -1.91. The van der Waals surface area contributed by atoms with Gasteiger partial charge in [-0.1, -0.05) is 0 Å². The predicted octanol–water partition coefficient (Wildman–Crippen LogP) is -0.707. The van der Waals surface area contributed by atoms with Crippen molar-refractivity contribution in [3.05, 3.63) is 23.9 Å². The molecule has 1 aromatic rings. The minimum atomic E-state index is -1.21. The van der Waals surface area contributed by atoms with Gasteiger partial charge in [0, 0.05) is 18.3 Å². The van der Waals surface area contributed by atoms with Gasteiger partial charge in [0.25, 0.3) is 0 Å². The smallest absolute Gasteiger partial charge is 0.142 e. The number of hydrogen-bond acceptors (Lipinski definition) is 5. The van der Waals surface area contributed by atoms with Crippen molar-refractivity contribution in [2.45, 2.75) is 0 Å². The topological polar surface area (TPSA) is 68.6 Å². The van der Waals surface area contributed by atoms with Gasteiger partial charge >= 0.3 is 0 Å². The van der Waals surface area contributed by atoms with Crippen molar-refractivity contribution in [3.63, 3.8) is 0 Å². The molecule has 5 heteroatoms. The SMILES string of the molecule is O=C([O-])c1cccnc1N1C=NCC1. The fourth-order valence-corrected chi connectivity index (χ4v) is 1.33. The summed E-state index contributed by atoms with van der Waals surface area (Å²) in [6.45, 7) is 1.33. The molecule has 0 aliphatic carbocycles. The van der Waals surface area contributed by atoms with E-state index in [-0.39, 0.29) is 5.56 Å². The molecule has 0 fully saturated rings. The van der Waals surface area contributed by atoms with Crippen molar-refractivity contribution in [1.29, 1.82) is 0 Å². The molecule has 0 radical (unpaired) electrons. The second-order valence-electron chi connectivity index (χ2n) is 2.88. The van der Waals surface area contributed by atoms with Crippen LogP contribution in [0.5, 0.6) is 0 Å². The van der Waals surface area contributed by atoms with Crippen LogP contribution in [0.2, 0.25) is 0 Å². The summed E-state index contributed by atoms with van der Waals surface area (Å²) < 4.78 is 0. The second kappa shape index (κ2) is 3.45. The molecule has 0 bridgehead atoms. The zero-order chi connectivity index (χ0) is 9.97. The summed E-state index contributed by atoms with van der Waals surface area (Å²) in [6.07, 6.45) is 3.14. The van der Waals surface area contributed by atoms with Crippen LogP contribution in [0.25, 0.3) is 0 Å². The molecule has 0 aromatic carbocycles. The van der Waals surface area contributed by atoms with E-state index in [1.54, 1.807) is 23.5 Å². The lowest BCUT2D eigenvalue weighted by molar-refractivity contribution is -0.254. The van der Waals surface area contributed by atoms with Gasteiger partial charge in [-0.05, 0) is 12.1 Å². The largest absolute Gasteiger partial charge is 0.545 e. The number of nitrogens with zero attached hydrogens (tertiary/aromatic N) is 3. The maximum atomic E-state index is 10.8. The van der Waals surface area contributed by atoms with E-state index in [1.807, 2.05) is 0 Å². The average Bonchev–Trinajstić information content (AvgIpc) is 2.70. The Bertz CT molecular complexity index is 389. The van der Waals surface area contributed by atoms with Gasteiger partial charge in [0.1, 0.15) is 5.82 Å². The van der Waals surface area contributed by atoms with Gasteiger partial charge in [-0.15, -0.1) is 0 Å². The average molecular weight is 190 g/mol. The summed E-state index contributed by atoms with van der Waals surface area (Å²) >= 11 is 0. The van der Waals surface area contributed by atoms with E-state index in [0.717, 1.165) is 0 Å². The first-order chi connectivity index (χ1) is 6.79. The number of aromatic nitrogens is 1. The van der Waals surface area contributed by atoms with Gasteiger partial charge in [-0.3, -0.25) is 4.99 Å². The molecule has 5 nitrogen and oxygen atoms in total. The van der Waals surface area contributed by atoms with Gasteiger partial charge in [0.05, 0.1) is 18.9 Å². The minimum absolute atomic E-state index is 0.0980. The predicted molar refractivity (Wildman–Crippen MR) is 49.3 cm³/mol. The van der Waals surface area contributed by atoms with Crippen LogP contribution in [0.3, 0.4) is 0 Å². The molecule has 2 heterocycles. The van der Waals surface area contributed by atoms with Gasteiger partial charge in [-0.2, -0.15) is 0 Å². The summed E-state index contributed by atoms with van der Waals surface area (Å²) in [6, 6.07) is 3.05. The van der Waals surface area contributed by atoms with Crippen LogP contribution in [0.4, 0.5) is 5.82 Å². The van der Waals surface area contributed by atoms with Crippen molar-refractivity contribution in [2.75, 3.05) is 18.0 Å². The van der Waals surface area contributed by atoms with Crippen molar-refractivity contribution in [1.82, 2.24) is 4.98 Å². The normalized spacial score (nSPS) is 14.7. The zero-order valence-corrected chi connectivity index (χ0v) is 7.38. The van der Waals surface area contributed by atoms with Crippen molar-refractivity contribution in [2.24, 2.45) is 4.99 Å². The third-order valence-electron chi connectivity index (χ3n) is 1.97. The number of anilines is 1. The van der Waals surface area contributed by atoms with Crippen LogP contribution >= 0.6 is 0 Å². The number of carboxylic acids is 1. The van der Waals surface area contributed by atoms with E-state index in [0.29, 0.717) is 18.9 Å². The van der Waals surface area contributed by atoms with E-state index in [9.17, 15) is 9.90 Å². The fourth-order valence-electron chi connectivity index (χ4n) is 1.33. The Labute approximate surface area is 80.7 Å². The summed E-state index contributed by atoms with van der Waals surface area (Å²) in [7, 11) is 0. The van der Waals surface area contributed by atoms with Gasteiger partial charge < -0.3 is 14.8 Å². The van der Waals surface area contributed by atoms with E-state index in [4.69, 9.17) is 0 Å². The quantitative estimate of drug-likeness (QED) is 0.618. The lowest BCUT2D eigenvalue weighted by Crippen LogP contribution is -2.28. The maximum absolute atomic E-state index is 10.8. The molecule has 0 unspecified atom stereocenters. The Balaban J connectivity index is 2.40. The second-order valence-corrected chi connectivity index (χ2v) is 2.88. The zero-order valence-electron chi connectivity index (χ0n) is 7.38. The van der Waals surface area contributed by atoms with E-state index >= 15 is 0 Å². The highest BCUT2D eigenvalue weighted by Crippen LogP contribution is 2.16. The highest BCUT2D eigenvalue weighted by Gasteiger charge is 2.13. The Morgan fingerprint density at radius 1 is 1.57 bits per heavy atom. The number of rotatable bonds is 2. The fraction of sp³-hybridized carbons (Fsp3) is 0.222. The summed E-state index contributed by atoms with van der Waals surface area (Å²) in [5, 5.41) is 10.8. The number of carboxylic acid groups (broad SMARTS) is 1. The molecule has 1 aliphatic rings. The van der Waals surface area contributed by atoms with Crippen LogP contribution in [0, 0.1) is 0 Å². The number of carbonyl (C=O) groups is 1. The maximum Gasteiger partial charge on any atom is 0.142 e. The van der Waals surface area contributed by atoms with Crippen molar-refractivity contribution < 1.29 is 9.90 Å². The van der Waals surface area contributed by atoms with Gasteiger partial charge in [0.2, 0.25) is 0 Å². The Morgan fingerprint density at radius 3 is 3.07 bits per heavy atom. The lowest BCUT2D eigenvalue weighted by Gasteiger charge is -2.16. The van der Waals surface area contributed by atoms with Crippen molar-refractivity contribution >= 4 is 18.1 Å². The van der Waals surface area contributed by atoms with Gasteiger partial charge in [0.15, 0.2) is 0 Å². The molecule has 1 aromatic heterocycles. The third kappa shape index (κ3) is 1.44. The Morgan fingerprint density at radius 2 is 2.43 bits per heavy atom. The number of aromatic carboxylic acids is 1. The van der Waals surface area contributed by atoms with Crippen LogP contribution in [0.1, 0.15) is 10.4 Å². The highest BCUT2D eigenvalue weighted by atomic mass is 16.4. The number of carbonyl (C=O) groups excluding carboxylic acids is 1. The molecular formula is C9H8N3O2-. The standard InChI is InChI=1S/C9H9N3O2/c13-9(14)7-2-1-3-11-8(7)12-5-4-10-6-12/h1-3,6H,4-5H2,(H,13,14)/p-1. The molecule has 0 amide bonds. The molecule has 0 spiro atoms. The molecular weight excluding hydrogens is 182 g/mol. The lowest BCUT2D eigenvalue weighted by atomic mass is 10.2. The summed E-state index contributed by atoms with van der Waals surface area (Å²) in [4.78, 5) is 20.4. The van der Waals surface area contributed by atoms with E-state index in [1.165, 1.54) is 6.07 Å². The van der Waals surface area contributed by atoms with Crippen LogP contribution < -0.4 is 10.0 Å². The highest BCUT2D eigenvalue weighted by molar-refractivity contribution is 5.95. The molecule has 0 atom stereocenters. The van der Waals surface area contributed by atoms with Gasteiger partial charge in [-0.25, -0.2) is 4.98 Å². The monoisotopic (exact) mass is 190 g/mol. The molecule has 14 heavy (non-hydrogen) atoms. The molecule has 0 saturated heterocycles. The number of hydrogen-bond donors (Lipinski definition) is 0. The minimum Gasteiger partial charge on any atom is -0.545 e. The molecule has 0 N–H and O–H groups in total. The van der Waals surface area contributed by atoms with Crippen LogP contribution in [-0.2, 0) is 0 Å². The summed E-state index contributed by atoms with van der Waals surface area (Å²) in [5.41, 5.74) is 0.0980. The number of aliphatic imine (C=N–C) groups is 1. The summed E-state index contributed by atoms with van der Waals surface area (Å²) in [5.74, 6) is -0.817. The van der Waals surface area contributed by atoms with E-state index < -0.39 is 5.97 Å². The van der Waals surface area contributed by atoms with E-state index in [2.05, 4.69) is 9.98 Å². The van der Waals surface area contributed by atoms with Crippen molar-refractivity contribution in [3.8, 4) is 0 Å².